The van der Waals surface area contributed by atoms with Crippen LogP contribution in [0.15, 0.2) is 48.9 Å². The third-order valence-corrected chi connectivity index (χ3v) is 3.60. The number of nitrogens with zero attached hydrogens (tertiary/aromatic N) is 1. The first-order valence-electron chi connectivity index (χ1n) is 7.43. The maximum Gasteiger partial charge on any atom is 0.319 e. The fourth-order valence-corrected chi connectivity index (χ4v) is 2.46. The normalized spacial score (nSPS) is 10.7. The number of para-hydroxylation sites is 1. The predicted octanol–water partition coefficient (Wildman–Crippen LogP) is 3.46. The summed E-state index contributed by atoms with van der Waals surface area (Å²) in [6, 6.07) is 9.11. The summed E-state index contributed by atoms with van der Waals surface area (Å²) in [5.41, 5.74) is 2.46. The first kappa shape index (κ1) is 15.0. The van der Waals surface area contributed by atoms with Gasteiger partial charge in [0, 0.05) is 29.8 Å². The number of carbonyl (C=O) groups is 1. The van der Waals surface area contributed by atoms with E-state index >= 15 is 0 Å². The molecule has 2 aromatic heterocycles. The van der Waals surface area contributed by atoms with E-state index in [-0.39, 0.29) is 5.69 Å². The van der Waals surface area contributed by atoms with Crippen molar-refractivity contribution in [3.63, 3.8) is 0 Å². The average molecular weight is 312 g/mol. The summed E-state index contributed by atoms with van der Waals surface area (Å²) in [6.07, 6.45) is 6.14. The van der Waals surface area contributed by atoms with Gasteiger partial charge in [0.15, 0.2) is 5.82 Å². The Hall–Kier alpha value is -2.89. The summed E-state index contributed by atoms with van der Waals surface area (Å²) in [5.74, 6) is -0.554. The third-order valence-electron chi connectivity index (χ3n) is 3.60. The summed E-state index contributed by atoms with van der Waals surface area (Å²) < 4.78 is 13.4. The zero-order valence-corrected chi connectivity index (χ0v) is 12.5. The third kappa shape index (κ3) is 3.66. The Morgan fingerprint density at radius 1 is 1.26 bits per heavy atom. The van der Waals surface area contributed by atoms with Gasteiger partial charge in [-0.1, -0.05) is 18.2 Å². The molecule has 0 aliphatic rings. The highest BCUT2D eigenvalue weighted by Gasteiger charge is 2.06. The number of benzene rings is 1. The van der Waals surface area contributed by atoms with Crippen LogP contribution in [0.4, 0.5) is 14.9 Å². The van der Waals surface area contributed by atoms with Gasteiger partial charge in [-0.25, -0.2) is 9.18 Å². The molecule has 118 valence electrons. The molecule has 0 spiro atoms. The van der Waals surface area contributed by atoms with Crippen molar-refractivity contribution in [2.24, 2.45) is 0 Å². The van der Waals surface area contributed by atoms with Crippen molar-refractivity contribution in [3.05, 3.63) is 60.3 Å². The molecule has 3 rings (SSSR count). The predicted molar refractivity (Wildman–Crippen MR) is 87.8 cm³/mol. The summed E-state index contributed by atoms with van der Waals surface area (Å²) in [6.45, 7) is 0.512. The van der Waals surface area contributed by atoms with Gasteiger partial charge in [-0.3, -0.25) is 4.98 Å². The average Bonchev–Trinajstić information content (AvgIpc) is 2.97. The number of nitrogens with one attached hydrogen (secondary N) is 3. The van der Waals surface area contributed by atoms with Crippen molar-refractivity contribution in [1.29, 1.82) is 0 Å². The van der Waals surface area contributed by atoms with Crippen molar-refractivity contribution in [3.8, 4) is 0 Å². The van der Waals surface area contributed by atoms with E-state index < -0.39 is 11.8 Å². The number of hydrogen-bond donors (Lipinski definition) is 3. The number of anilines is 1. The molecule has 0 aliphatic heterocycles. The highest BCUT2D eigenvalue weighted by atomic mass is 19.1. The summed E-state index contributed by atoms with van der Waals surface area (Å²) in [7, 11) is 0. The zero-order chi connectivity index (χ0) is 16.1. The Morgan fingerprint density at radius 3 is 3.00 bits per heavy atom. The monoisotopic (exact) mass is 312 g/mol. The van der Waals surface area contributed by atoms with Crippen molar-refractivity contribution >= 4 is 22.6 Å². The molecule has 0 fully saturated rings. The van der Waals surface area contributed by atoms with Gasteiger partial charge in [0.25, 0.3) is 0 Å². The molecule has 0 aliphatic carbocycles. The molecule has 6 heteroatoms. The van der Waals surface area contributed by atoms with E-state index in [9.17, 15) is 9.18 Å². The molecule has 1 aromatic carbocycles. The quantitative estimate of drug-likeness (QED) is 0.631. The molecule has 0 saturated heterocycles. The second-order valence-electron chi connectivity index (χ2n) is 5.20. The number of aromatic nitrogens is 2. The van der Waals surface area contributed by atoms with Gasteiger partial charge >= 0.3 is 6.03 Å². The minimum Gasteiger partial charge on any atom is -0.361 e. The summed E-state index contributed by atoms with van der Waals surface area (Å²) in [5, 5.41) is 6.39. The van der Waals surface area contributed by atoms with Gasteiger partial charge in [0.2, 0.25) is 0 Å². The fraction of sp³-hybridized carbons (Fsp3) is 0.176. The summed E-state index contributed by atoms with van der Waals surface area (Å²) >= 11 is 0. The van der Waals surface area contributed by atoms with Crippen LogP contribution in [0.5, 0.6) is 0 Å². The fourth-order valence-electron chi connectivity index (χ4n) is 2.46. The van der Waals surface area contributed by atoms with Crippen LogP contribution < -0.4 is 10.6 Å². The largest absolute Gasteiger partial charge is 0.361 e. The van der Waals surface area contributed by atoms with E-state index in [2.05, 4.69) is 26.7 Å². The maximum atomic E-state index is 13.4. The Labute approximate surface area is 132 Å². The van der Waals surface area contributed by atoms with Gasteiger partial charge < -0.3 is 15.6 Å². The molecule has 0 saturated carbocycles. The van der Waals surface area contributed by atoms with Crippen molar-refractivity contribution in [2.45, 2.75) is 12.8 Å². The Kier molecular flexibility index (Phi) is 4.52. The molecule has 3 aromatic rings. The Balaban J connectivity index is 1.46. The minimum absolute atomic E-state index is 0.120. The van der Waals surface area contributed by atoms with E-state index in [1.54, 1.807) is 0 Å². The van der Waals surface area contributed by atoms with Crippen LogP contribution in [0.1, 0.15) is 12.0 Å². The number of aromatic amines is 1. The lowest BCUT2D eigenvalue weighted by Gasteiger charge is -2.07. The van der Waals surface area contributed by atoms with Crippen molar-refractivity contribution in [1.82, 2.24) is 15.3 Å². The molecule has 5 nitrogen and oxygen atoms in total. The molecule has 3 N–H and O–H groups in total. The number of hydrogen-bond acceptors (Lipinski definition) is 2. The number of amides is 2. The Morgan fingerprint density at radius 2 is 2.13 bits per heavy atom. The van der Waals surface area contributed by atoms with E-state index in [1.807, 2.05) is 24.4 Å². The van der Waals surface area contributed by atoms with Crippen LogP contribution in [0.2, 0.25) is 0 Å². The van der Waals surface area contributed by atoms with Gasteiger partial charge in [-0.2, -0.15) is 0 Å². The molecule has 0 atom stereocenters. The van der Waals surface area contributed by atoms with Crippen LogP contribution in [0, 0.1) is 5.82 Å². The molecule has 0 unspecified atom stereocenters. The molecular formula is C17H17FN4O. The number of fused-ring (bicyclic) bond motifs is 1. The molecular weight excluding hydrogens is 295 g/mol. The number of aryl methyl sites for hydroxylation is 1. The number of halogens is 1. The van der Waals surface area contributed by atoms with Crippen LogP contribution in [-0.2, 0) is 6.42 Å². The van der Waals surface area contributed by atoms with E-state index in [4.69, 9.17) is 0 Å². The first-order chi connectivity index (χ1) is 11.2. The number of urea groups is 1. The smallest absolute Gasteiger partial charge is 0.319 e. The van der Waals surface area contributed by atoms with Crippen LogP contribution in [-0.4, -0.2) is 22.5 Å². The lowest BCUT2D eigenvalue weighted by molar-refractivity contribution is 0.252. The van der Waals surface area contributed by atoms with Gasteiger partial charge in [0.1, 0.15) is 0 Å². The van der Waals surface area contributed by atoms with Crippen LogP contribution in [0.25, 0.3) is 10.9 Å². The zero-order valence-electron chi connectivity index (χ0n) is 12.5. The molecule has 0 radical (unpaired) electrons. The van der Waals surface area contributed by atoms with Gasteiger partial charge in [0.05, 0.1) is 11.9 Å². The number of pyridine rings is 1. The molecule has 0 bridgehead atoms. The van der Waals surface area contributed by atoms with Gasteiger partial charge in [-0.05, 0) is 30.5 Å². The second kappa shape index (κ2) is 6.91. The van der Waals surface area contributed by atoms with E-state index in [0.29, 0.717) is 6.54 Å². The molecule has 2 heterocycles. The first-order valence-corrected chi connectivity index (χ1v) is 7.43. The lowest BCUT2D eigenvalue weighted by Crippen LogP contribution is -2.30. The summed E-state index contributed by atoms with van der Waals surface area (Å²) in [4.78, 5) is 18.6. The number of carbonyl (C=O) groups excluding carboxylic acids is 1. The topological polar surface area (TPSA) is 69.8 Å². The second-order valence-corrected chi connectivity index (χ2v) is 5.20. The molecule has 2 amide bonds. The van der Waals surface area contributed by atoms with Crippen molar-refractivity contribution in [2.75, 3.05) is 11.9 Å². The standard InChI is InChI=1S/C17H17FN4O/c18-14-11-19-9-7-16(14)22-17(23)20-8-3-4-12-10-21-15-6-2-1-5-13(12)15/h1-2,5-7,9-11,21H,3-4,8H2,(H2,19,20,22,23). The number of rotatable bonds is 5. The van der Waals surface area contributed by atoms with E-state index in [0.717, 1.165) is 24.6 Å². The van der Waals surface area contributed by atoms with Crippen molar-refractivity contribution < 1.29 is 9.18 Å². The van der Waals surface area contributed by atoms with E-state index in [1.165, 1.54) is 23.2 Å². The minimum atomic E-state index is -0.554. The molecule has 23 heavy (non-hydrogen) atoms. The highest BCUT2D eigenvalue weighted by Crippen LogP contribution is 2.18. The highest BCUT2D eigenvalue weighted by molar-refractivity contribution is 5.89. The van der Waals surface area contributed by atoms with Gasteiger partial charge in [-0.15, -0.1) is 0 Å². The Bertz CT molecular complexity index is 815. The maximum absolute atomic E-state index is 13.4. The van der Waals surface area contributed by atoms with Crippen LogP contribution in [0.3, 0.4) is 0 Å². The lowest BCUT2D eigenvalue weighted by atomic mass is 10.1. The number of H-pyrrole nitrogens is 1. The SMILES string of the molecule is O=C(NCCCc1c[nH]c2ccccc12)Nc1ccncc1F. The van der Waals surface area contributed by atoms with Crippen LogP contribution >= 0.6 is 0 Å².